The van der Waals surface area contributed by atoms with E-state index in [9.17, 15) is 8.42 Å². The molecular weight excluding hydrogens is 332 g/mol. The molecular formula is C21H20O3S. The van der Waals surface area contributed by atoms with E-state index in [0.29, 0.717) is 16.2 Å². The number of benzene rings is 3. The third-order valence-corrected chi connectivity index (χ3v) is 6.27. The van der Waals surface area contributed by atoms with Crippen LogP contribution < -0.4 is 4.74 Å². The van der Waals surface area contributed by atoms with E-state index in [1.54, 1.807) is 43.5 Å². The maximum atomic E-state index is 13.3. The van der Waals surface area contributed by atoms with Gasteiger partial charge in [-0.05, 0) is 42.3 Å². The largest absolute Gasteiger partial charge is 0.497 e. The van der Waals surface area contributed by atoms with Gasteiger partial charge in [-0.15, -0.1) is 0 Å². The number of sulfone groups is 1. The predicted octanol–water partition coefficient (Wildman–Crippen LogP) is 4.57. The van der Waals surface area contributed by atoms with Gasteiger partial charge in [0.1, 0.15) is 11.0 Å². The Kier molecular flexibility index (Phi) is 4.91. The van der Waals surface area contributed by atoms with Crippen LogP contribution in [0.15, 0.2) is 83.8 Å². The smallest absolute Gasteiger partial charge is 0.189 e. The number of rotatable bonds is 5. The lowest BCUT2D eigenvalue weighted by molar-refractivity contribution is 0.414. The van der Waals surface area contributed by atoms with Gasteiger partial charge in [0, 0.05) is 0 Å². The zero-order chi connectivity index (χ0) is 17.9. The first-order chi connectivity index (χ1) is 12.0. The predicted molar refractivity (Wildman–Crippen MR) is 99.6 cm³/mol. The van der Waals surface area contributed by atoms with Gasteiger partial charge in [-0.25, -0.2) is 8.42 Å². The first-order valence-electron chi connectivity index (χ1n) is 8.02. The average Bonchev–Trinajstić information content (AvgIpc) is 2.65. The van der Waals surface area contributed by atoms with E-state index in [2.05, 4.69) is 0 Å². The Balaban J connectivity index is 2.16. The van der Waals surface area contributed by atoms with Gasteiger partial charge in [0.25, 0.3) is 0 Å². The van der Waals surface area contributed by atoms with Gasteiger partial charge in [-0.3, -0.25) is 0 Å². The first kappa shape index (κ1) is 17.2. The molecule has 0 saturated carbocycles. The molecule has 0 N–H and O–H groups in total. The zero-order valence-electron chi connectivity index (χ0n) is 14.2. The zero-order valence-corrected chi connectivity index (χ0v) is 15.0. The van der Waals surface area contributed by atoms with Crippen LogP contribution in [-0.4, -0.2) is 15.5 Å². The molecule has 128 valence electrons. The fourth-order valence-corrected chi connectivity index (χ4v) is 4.66. The molecule has 0 spiro atoms. The fraction of sp³-hybridized carbons (Fsp3) is 0.143. The minimum Gasteiger partial charge on any atom is -0.497 e. The molecule has 3 aromatic rings. The number of hydrogen-bond acceptors (Lipinski definition) is 3. The molecule has 0 aromatic heterocycles. The van der Waals surface area contributed by atoms with E-state index >= 15 is 0 Å². The molecule has 3 rings (SSSR count). The molecule has 0 aliphatic heterocycles. The molecule has 0 aliphatic carbocycles. The summed E-state index contributed by atoms with van der Waals surface area (Å²) < 4.78 is 31.9. The molecule has 0 heterocycles. The molecule has 0 saturated heterocycles. The van der Waals surface area contributed by atoms with Crippen LogP contribution in [-0.2, 0) is 9.84 Å². The Morgan fingerprint density at radius 2 is 1.28 bits per heavy atom. The Hall–Kier alpha value is -2.59. The van der Waals surface area contributed by atoms with Crippen LogP contribution in [0.1, 0.15) is 21.9 Å². The van der Waals surface area contributed by atoms with Gasteiger partial charge in [0.05, 0.1) is 12.0 Å². The van der Waals surface area contributed by atoms with Crippen molar-refractivity contribution in [2.24, 2.45) is 0 Å². The SMILES string of the molecule is COc1ccc(C(c2ccc(C)cc2)S(=O)(=O)c2ccccc2)cc1. The molecule has 0 radical (unpaired) electrons. The van der Waals surface area contributed by atoms with Crippen LogP contribution in [0.3, 0.4) is 0 Å². The topological polar surface area (TPSA) is 43.4 Å². The quantitative estimate of drug-likeness (QED) is 0.676. The summed E-state index contributed by atoms with van der Waals surface area (Å²) >= 11 is 0. The monoisotopic (exact) mass is 352 g/mol. The van der Waals surface area contributed by atoms with Crippen LogP contribution in [0.25, 0.3) is 0 Å². The van der Waals surface area contributed by atoms with Crippen molar-refractivity contribution in [2.75, 3.05) is 7.11 Å². The second-order valence-corrected chi connectivity index (χ2v) is 7.95. The Morgan fingerprint density at radius 3 is 1.80 bits per heavy atom. The number of ether oxygens (including phenoxy) is 1. The van der Waals surface area contributed by atoms with E-state index < -0.39 is 15.1 Å². The van der Waals surface area contributed by atoms with Crippen molar-refractivity contribution < 1.29 is 13.2 Å². The normalized spacial score (nSPS) is 12.6. The molecule has 3 aromatic carbocycles. The van der Waals surface area contributed by atoms with Crippen molar-refractivity contribution in [3.63, 3.8) is 0 Å². The Labute approximate surface area is 148 Å². The van der Waals surface area contributed by atoms with Crippen molar-refractivity contribution in [1.82, 2.24) is 0 Å². The summed E-state index contributed by atoms with van der Waals surface area (Å²) in [4.78, 5) is 0.316. The average molecular weight is 352 g/mol. The third-order valence-electron chi connectivity index (χ3n) is 4.18. The summed E-state index contributed by atoms with van der Waals surface area (Å²) in [6, 6.07) is 23.4. The second-order valence-electron chi connectivity index (χ2n) is 5.92. The van der Waals surface area contributed by atoms with Gasteiger partial charge in [-0.2, -0.15) is 0 Å². The second kappa shape index (κ2) is 7.11. The fourth-order valence-electron chi connectivity index (χ4n) is 2.82. The lowest BCUT2D eigenvalue weighted by Gasteiger charge is -2.19. The molecule has 0 amide bonds. The van der Waals surface area contributed by atoms with E-state index in [1.165, 1.54) is 0 Å². The van der Waals surface area contributed by atoms with Crippen molar-refractivity contribution >= 4 is 9.84 Å². The lowest BCUT2D eigenvalue weighted by Crippen LogP contribution is -2.15. The molecule has 3 nitrogen and oxygen atoms in total. The minimum absolute atomic E-state index is 0.316. The van der Waals surface area contributed by atoms with Gasteiger partial charge in [0.15, 0.2) is 9.84 Å². The van der Waals surface area contributed by atoms with Crippen LogP contribution in [0.5, 0.6) is 5.75 Å². The summed E-state index contributed by atoms with van der Waals surface area (Å²) in [5.74, 6) is 0.698. The highest BCUT2D eigenvalue weighted by Gasteiger charge is 2.30. The summed E-state index contributed by atoms with van der Waals surface area (Å²) in [5.41, 5.74) is 2.56. The summed E-state index contributed by atoms with van der Waals surface area (Å²) in [5, 5.41) is -0.763. The standard InChI is InChI=1S/C21H20O3S/c1-16-8-10-17(11-9-16)21(18-12-14-19(24-2)15-13-18)25(22,23)20-6-4-3-5-7-20/h3-15,21H,1-2H3. The van der Waals surface area contributed by atoms with Crippen molar-refractivity contribution in [1.29, 1.82) is 0 Å². The van der Waals surface area contributed by atoms with Gasteiger partial charge < -0.3 is 4.74 Å². The minimum atomic E-state index is -3.58. The van der Waals surface area contributed by atoms with Crippen LogP contribution in [0.4, 0.5) is 0 Å². The van der Waals surface area contributed by atoms with Gasteiger partial charge in [0.2, 0.25) is 0 Å². The van der Waals surface area contributed by atoms with E-state index in [1.807, 2.05) is 49.4 Å². The van der Waals surface area contributed by atoms with E-state index in [-0.39, 0.29) is 0 Å². The molecule has 0 bridgehead atoms. The summed E-state index contributed by atoms with van der Waals surface area (Å²) in [6.07, 6.45) is 0. The van der Waals surface area contributed by atoms with Gasteiger partial charge >= 0.3 is 0 Å². The van der Waals surface area contributed by atoms with Crippen molar-refractivity contribution in [3.05, 3.63) is 95.6 Å². The molecule has 0 fully saturated rings. The third kappa shape index (κ3) is 3.59. The highest BCUT2D eigenvalue weighted by atomic mass is 32.2. The summed E-state index contributed by atoms with van der Waals surface area (Å²) in [6.45, 7) is 1.98. The van der Waals surface area contributed by atoms with E-state index in [0.717, 1.165) is 11.1 Å². The lowest BCUT2D eigenvalue weighted by atomic mass is 10.0. The van der Waals surface area contributed by atoms with Crippen LogP contribution in [0.2, 0.25) is 0 Å². The molecule has 25 heavy (non-hydrogen) atoms. The van der Waals surface area contributed by atoms with Crippen LogP contribution in [0, 0.1) is 6.92 Å². The molecule has 0 aliphatic rings. The van der Waals surface area contributed by atoms with Crippen molar-refractivity contribution in [2.45, 2.75) is 17.1 Å². The van der Waals surface area contributed by atoms with Crippen LogP contribution >= 0.6 is 0 Å². The number of hydrogen-bond donors (Lipinski definition) is 0. The molecule has 4 heteroatoms. The molecule has 1 unspecified atom stereocenters. The number of methoxy groups -OCH3 is 1. The highest BCUT2D eigenvalue weighted by molar-refractivity contribution is 7.91. The Bertz CT molecular complexity index is 929. The molecule has 1 atom stereocenters. The van der Waals surface area contributed by atoms with Gasteiger partial charge in [-0.1, -0.05) is 60.2 Å². The maximum absolute atomic E-state index is 13.3. The Morgan fingerprint density at radius 1 is 0.760 bits per heavy atom. The summed E-state index contributed by atoms with van der Waals surface area (Å²) in [7, 11) is -1.99. The highest BCUT2D eigenvalue weighted by Crippen LogP contribution is 2.35. The first-order valence-corrected chi connectivity index (χ1v) is 9.56. The number of aryl methyl sites for hydroxylation is 1. The van der Waals surface area contributed by atoms with Crippen molar-refractivity contribution in [3.8, 4) is 5.75 Å². The van der Waals surface area contributed by atoms with E-state index in [4.69, 9.17) is 4.74 Å². The maximum Gasteiger partial charge on any atom is 0.189 e.